The number of amides is 1. The van der Waals surface area contributed by atoms with Crippen molar-refractivity contribution in [2.75, 3.05) is 13.2 Å². The summed E-state index contributed by atoms with van der Waals surface area (Å²) in [4.78, 5) is 27.1. The van der Waals surface area contributed by atoms with Gasteiger partial charge in [0, 0.05) is 11.6 Å². The minimum atomic E-state index is -0.731. The van der Waals surface area contributed by atoms with Crippen LogP contribution in [0.1, 0.15) is 21.7 Å². The minimum Gasteiger partial charge on any atom is -0.489 e. The molecule has 4 rings (SSSR count). The molecule has 0 saturated carbocycles. The minimum absolute atomic E-state index is 0.103. The van der Waals surface area contributed by atoms with E-state index in [1.807, 2.05) is 0 Å². The first kappa shape index (κ1) is 18.3. The van der Waals surface area contributed by atoms with Gasteiger partial charge in [0.05, 0.1) is 36.5 Å². The third-order valence-electron chi connectivity index (χ3n) is 4.72. The van der Waals surface area contributed by atoms with E-state index in [0.717, 1.165) is 0 Å². The first-order chi connectivity index (χ1) is 13.5. The van der Waals surface area contributed by atoms with Gasteiger partial charge in [0.1, 0.15) is 23.7 Å². The van der Waals surface area contributed by atoms with Crippen LogP contribution >= 0.6 is 0 Å². The van der Waals surface area contributed by atoms with Crippen molar-refractivity contribution in [3.63, 3.8) is 0 Å². The molecule has 146 valence electrons. The van der Waals surface area contributed by atoms with Crippen LogP contribution < -0.4 is 15.6 Å². The number of aliphatic hydroxyl groups excluding tert-OH is 1. The average molecular weight is 384 g/mol. The molecule has 1 aliphatic heterocycles. The van der Waals surface area contributed by atoms with Crippen LogP contribution in [0.25, 0.3) is 11.0 Å². The monoisotopic (exact) mass is 384 g/mol. The van der Waals surface area contributed by atoms with Crippen LogP contribution in [0.2, 0.25) is 0 Å². The molecule has 1 saturated heterocycles. The number of nitrogens with one attached hydrogen (secondary N) is 2. The molecule has 2 atom stereocenters. The van der Waals surface area contributed by atoms with Crippen molar-refractivity contribution in [2.45, 2.75) is 25.7 Å². The summed E-state index contributed by atoms with van der Waals surface area (Å²) in [5.41, 5.74) is 1.23. The zero-order valence-corrected chi connectivity index (χ0v) is 15.2. The highest BCUT2D eigenvalue weighted by atomic mass is 16.5. The summed E-state index contributed by atoms with van der Waals surface area (Å²) in [5.74, 6) is 0.634. The zero-order chi connectivity index (χ0) is 19.7. The van der Waals surface area contributed by atoms with Gasteiger partial charge in [-0.15, -0.1) is 0 Å². The summed E-state index contributed by atoms with van der Waals surface area (Å²) in [6.07, 6.45) is 0.828. The first-order valence-electron chi connectivity index (χ1n) is 8.92. The zero-order valence-electron chi connectivity index (χ0n) is 15.2. The van der Waals surface area contributed by atoms with E-state index in [0.29, 0.717) is 33.6 Å². The molecule has 1 amide bonds. The molecule has 1 aromatic carbocycles. The Hall–Kier alpha value is -3.10. The lowest BCUT2D eigenvalue weighted by Gasteiger charge is -2.14. The van der Waals surface area contributed by atoms with E-state index >= 15 is 0 Å². The molecule has 0 aliphatic carbocycles. The molecule has 0 bridgehead atoms. The SMILES string of the molecule is Cc1oc2ccc(OCc3ccc[nH]c3=O)cc2c1C(=O)N[C@H]1COCC1O. The molecule has 1 fully saturated rings. The van der Waals surface area contributed by atoms with Crippen molar-refractivity contribution < 1.29 is 23.8 Å². The standard InChI is InChI=1S/C20H20N2O6/c1-11-18(20(25)22-15-9-26-10-16(15)23)14-7-13(4-5-17(14)28-11)27-8-12-3-2-6-21-19(12)24/h2-7,15-16,23H,8-10H2,1H3,(H,21,24)(H,22,25)/t15-,16?/m0/s1. The fraction of sp³-hybridized carbons (Fsp3) is 0.300. The largest absolute Gasteiger partial charge is 0.489 e. The van der Waals surface area contributed by atoms with Gasteiger partial charge in [-0.25, -0.2) is 0 Å². The van der Waals surface area contributed by atoms with Crippen molar-refractivity contribution in [3.05, 3.63) is 63.8 Å². The van der Waals surface area contributed by atoms with E-state index in [1.54, 1.807) is 43.5 Å². The Labute approximate surface area is 160 Å². The van der Waals surface area contributed by atoms with Crippen molar-refractivity contribution >= 4 is 16.9 Å². The summed E-state index contributed by atoms with van der Waals surface area (Å²) < 4.78 is 16.6. The quantitative estimate of drug-likeness (QED) is 0.614. The van der Waals surface area contributed by atoms with E-state index in [2.05, 4.69) is 10.3 Å². The Balaban J connectivity index is 1.58. The number of aromatic nitrogens is 1. The summed E-state index contributed by atoms with van der Waals surface area (Å²) in [5, 5.41) is 13.2. The van der Waals surface area contributed by atoms with E-state index in [9.17, 15) is 14.7 Å². The Kier molecular flexibility index (Phi) is 4.89. The Morgan fingerprint density at radius 3 is 2.96 bits per heavy atom. The molecule has 3 aromatic rings. The van der Waals surface area contributed by atoms with Gasteiger partial charge in [0.15, 0.2) is 0 Å². The maximum absolute atomic E-state index is 12.8. The molecule has 0 spiro atoms. The second kappa shape index (κ2) is 7.49. The second-order valence-corrected chi connectivity index (χ2v) is 6.69. The van der Waals surface area contributed by atoms with Crippen LogP contribution in [-0.2, 0) is 11.3 Å². The fourth-order valence-electron chi connectivity index (χ4n) is 3.22. The molecule has 1 unspecified atom stereocenters. The molecule has 3 N–H and O–H groups in total. The molecule has 0 radical (unpaired) electrons. The summed E-state index contributed by atoms with van der Waals surface area (Å²) >= 11 is 0. The normalized spacial score (nSPS) is 19.1. The highest BCUT2D eigenvalue weighted by Gasteiger charge is 2.29. The van der Waals surface area contributed by atoms with Crippen molar-refractivity contribution in [1.29, 1.82) is 0 Å². The van der Waals surface area contributed by atoms with Gasteiger partial charge in [-0.3, -0.25) is 9.59 Å². The molecule has 2 aromatic heterocycles. The predicted octanol–water partition coefficient (Wildman–Crippen LogP) is 1.50. The van der Waals surface area contributed by atoms with Crippen LogP contribution in [0.15, 0.2) is 45.7 Å². The second-order valence-electron chi connectivity index (χ2n) is 6.69. The molecule has 8 heteroatoms. The number of rotatable bonds is 5. The number of ether oxygens (including phenoxy) is 2. The molecule has 1 aliphatic rings. The molecule has 28 heavy (non-hydrogen) atoms. The Morgan fingerprint density at radius 1 is 1.36 bits per heavy atom. The van der Waals surface area contributed by atoms with Gasteiger partial charge >= 0.3 is 0 Å². The number of hydrogen-bond acceptors (Lipinski definition) is 6. The first-order valence-corrected chi connectivity index (χ1v) is 8.92. The highest BCUT2D eigenvalue weighted by molar-refractivity contribution is 6.07. The van der Waals surface area contributed by atoms with Crippen molar-refractivity contribution in [2.24, 2.45) is 0 Å². The van der Waals surface area contributed by atoms with E-state index in [4.69, 9.17) is 13.9 Å². The van der Waals surface area contributed by atoms with Gasteiger partial charge in [-0.1, -0.05) is 0 Å². The van der Waals surface area contributed by atoms with Crippen LogP contribution in [0.3, 0.4) is 0 Å². The number of benzene rings is 1. The lowest BCUT2D eigenvalue weighted by molar-refractivity contribution is 0.0886. The summed E-state index contributed by atoms with van der Waals surface area (Å²) in [6.45, 7) is 2.28. The lowest BCUT2D eigenvalue weighted by atomic mass is 10.1. The van der Waals surface area contributed by atoms with E-state index in [-0.39, 0.29) is 31.3 Å². The Bertz CT molecular complexity index is 1070. The molecule has 3 heterocycles. The van der Waals surface area contributed by atoms with Crippen LogP contribution in [0.4, 0.5) is 0 Å². The number of carbonyl (C=O) groups is 1. The number of pyridine rings is 1. The number of H-pyrrole nitrogens is 1. The van der Waals surface area contributed by atoms with Gasteiger partial charge in [-0.2, -0.15) is 0 Å². The number of fused-ring (bicyclic) bond motifs is 1. The lowest BCUT2D eigenvalue weighted by Crippen LogP contribution is -2.42. The summed E-state index contributed by atoms with van der Waals surface area (Å²) in [6, 6.07) is 8.11. The van der Waals surface area contributed by atoms with E-state index < -0.39 is 12.1 Å². The number of furan rings is 1. The van der Waals surface area contributed by atoms with Crippen molar-refractivity contribution in [1.82, 2.24) is 10.3 Å². The molecular weight excluding hydrogens is 364 g/mol. The molecule has 8 nitrogen and oxygen atoms in total. The number of hydrogen-bond donors (Lipinski definition) is 3. The Morgan fingerprint density at radius 2 is 2.21 bits per heavy atom. The number of carbonyl (C=O) groups excluding carboxylic acids is 1. The third-order valence-corrected chi connectivity index (χ3v) is 4.72. The number of aromatic amines is 1. The number of aliphatic hydroxyl groups is 1. The van der Waals surface area contributed by atoms with Crippen LogP contribution in [0, 0.1) is 6.92 Å². The predicted molar refractivity (Wildman–Crippen MR) is 100 cm³/mol. The van der Waals surface area contributed by atoms with Crippen molar-refractivity contribution in [3.8, 4) is 5.75 Å². The topological polar surface area (TPSA) is 114 Å². The summed E-state index contributed by atoms with van der Waals surface area (Å²) in [7, 11) is 0. The van der Waals surface area contributed by atoms with Crippen LogP contribution in [-0.4, -0.2) is 41.4 Å². The van der Waals surface area contributed by atoms with Gasteiger partial charge < -0.3 is 29.3 Å². The fourth-order valence-corrected chi connectivity index (χ4v) is 3.22. The number of aryl methyl sites for hydroxylation is 1. The van der Waals surface area contributed by atoms with E-state index in [1.165, 1.54) is 0 Å². The third kappa shape index (κ3) is 3.51. The van der Waals surface area contributed by atoms with Gasteiger partial charge in [-0.05, 0) is 37.3 Å². The maximum atomic E-state index is 12.8. The van der Waals surface area contributed by atoms with Gasteiger partial charge in [0.25, 0.3) is 11.5 Å². The maximum Gasteiger partial charge on any atom is 0.255 e. The smallest absolute Gasteiger partial charge is 0.255 e. The average Bonchev–Trinajstić information content (AvgIpc) is 3.22. The van der Waals surface area contributed by atoms with Gasteiger partial charge in [0.2, 0.25) is 0 Å². The highest BCUT2D eigenvalue weighted by Crippen LogP contribution is 2.29. The molecular formula is C20H20N2O6. The van der Waals surface area contributed by atoms with Crippen LogP contribution in [0.5, 0.6) is 5.75 Å².